The number of rotatable bonds is 4. The molecular formula is C14H28N2O2. The van der Waals surface area contributed by atoms with E-state index in [0.717, 1.165) is 58.5 Å². The average Bonchev–Trinajstić information content (AvgIpc) is 2.48. The first-order valence-electron chi connectivity index (χ1n) is 7.27. The zero-order valence-corrected chi connectivity index (χ0v) is 11.7. The molecule has 1 saturated carbocycles. The summed E-state index contributed by atoms with van der Waals surface area (Å²) in [6.07, 6.45) is 7.27. The van der Waals surface area contributed by atoms with Gasteiger partial charge in [-0.2, -0.15) is 0 Å². The normalized spacial score (nSPS) is 22.1. The number of morpholine rings is 1. The van der Waals surface area contributed by atoms with Crippen LogP contribution in [0.5, 0.6) is 0 Å². The molecule has 0 aromatic carbocycles. The van der Waals surface area contributed by atoms with Crippen molar-refractivity contribution in [2.24, 2.45) is 5.92 Å². The van der Waals surface area contributed by atoms with Crippen molar-refractivity contribution in [3.63, 3.8) is 0 Å². The molecule has 2 rings (SSSR count). The Bertz CT molecular complexity index is 200. The topological polar surface area (TPSA) is 41.6 Å². The van der Waals surface area contributed by atoms with Crippen molar-refractivity contribution < 1.29 is 9.53 Å². The molecule has 0 unspecified atom stereocenters. The van der Waals surface area contributed by atoms with Gasteiger partial charge in [-0.05, 0) is 19.9 Å². The summed E-state index contributed by atoms with van der Waals surface area (Å²) in [6, 6.07) is 0. The minimum absolute atomic E-state index is 0.406. The van der Waals surface area contributed by atoms with E-state index in [1.54, 1.807) is 0 Å². The molecule has 0 spiro atoms. The molecule has 1 heterocycles. The van der Waals surface area contributed by atoms with E-state index < -0.39 is 0 Å². The lowest BCUT2D eigenvalue weighted by Gasteiger charge is -2.26. The van der Waals surface area contributed by atoms with Crippen LogP contribution in [0.3, 0.4) is 0 Å². The second kappa shape index (κ2) is 10.5. The standard InChI is InChI=1S/C7H16N2O.C7H12O/c1-8-2-3-9-4-6-10-7-5-9;8-6-7-4-2-1-3-5-7/h8H,2-7H2,1H3;6-7H,1-5H2. The molecule has 0 radical (unpaired) electrons. The van der Waals surface area contributed by atoms with Crippen LogP contribution < -0.4 is 5.32 Å². The Labute approximate surface area is 111 Å². The Morgan fingerprint density at radius 3 is 2.39 bits per heavy atom. The fraction of sp³-hybridized carbons (Fsp3) is 0.929. The first-order valence-corrected chi connectivity index (χ1v) is 7.27. The molecule has 4 heteroatoms. The molecule has 18 heavy (non-hydrogen) atoms. The maximum Gasteiger partial charge on any atom is 0.123 e. The SMILES string of the molecule is CNCCN1CCOCC1.O=CC1CCCCC1. The molecule has 2 fully saturated rings. The Morgan fingerprint density at radius 1 is 1.22 bits per heavy atom. The van der Waals surface area contributed by atoms with Crippen LogP contribution >= 0.6 is 0 Å². The number of likely N-dealkylation sites (N-methyl/N-ethyl adjacent to an activating group) is 1. The smallest absolute Gasteiger partial charge is 0.123 e. The van der Waals surface area contributed by atoms with E-state index in [9.17, 15) is 4.79 Å². The Balaban J connectivity index is 0.000000184. The molecule has 1 aliphatic heterocycles. The van der Waals surface area contributed by atoms with E-state index in [0.29, 0.717) is 5.92 Å². The number of hydrogen-bond acceptors (Lipinski definition) is 4. The zero-order chi connectivity index (χ0) is 13.1. The highest BCUT2D eigenvalue weighted by Gasteiger charge is 2.10. The van der Waals surface area contributed by atoms with Crippen LogP contribution in [0.15, 0.2) is 0 Å². The van der Waals surface area contributed by atoms with Crippen LogP contribution in [-0.4, -0.2) is 57.6 Å². The number of hydrogen-bond donors (Lipinski definition) is 1. The highest BCUT2D eigenvalue weighted by molar-refractivity contribution is 5.53. The van der Waals surface area contributed by atoms with Crippen molar-refractivity contribution in [2.75, 3.05) is 46.4 Å². The summed E-state index contributed by atoms with van der Waals surface area (Å²) in [5, 5.41) is 3.13. The van der Waals surface area contributed by atoms with Gasteiger partial charge in [0.25, 0.3) is 0 Å². The second-order valence-electron chi connectivity index (χ2n) is 5.09. The minimum Gasteiger partial charge on any atom is -0.379 e. The number of ether oxygens (including phenoxy) is 1. The molecule has 2 aliphatic rings. The maximum absolute atomic E-state index is 10.2. The van der Waals surface area contributed by atoms with Gasteiger partial charge in [-0.3, -0.25) is 4.90 Å². The monoisotopic (exact) mass is 256 g/mol. The first-order chi connectivity index (χ1) is 8.86. The third kappa shape index (κ3) is 7.09. The van der Waals surface area contributed by atoms with Crippen LogP contribution in [0.1, 0.15) is 32.1 Å². The van der Waals surface area contributed by atoms with Crippen LogP contribution in [0.4, 0.5) is 0 Å². The van der Waals surface area contributed by atoms with E-state index in [1.165, 1.54) is 19.3 Å². The fourth-order valence-corrected chi connectivity index (χ4v) is 2.36. The van der Waals surface area contributed by atoms with E-state index in [4.69, 9.17) is 4.74 Å². The second-order valence-corrected chi connectivity index (χ2v) is 5.09. The third-order valence-corrected chi connectivity index (χ3v) is 3.62. The number of nitrogens with zero attached hydrogens (tertiary/aromatic N) is 1. The van der Waals surface area contributed by atoms with Gasteiger partial charge in [0.15, 0.2) is 0 Å². The van der Waals surface area contributed by atoms with Crippen molar-refractivity contribution in [3.8, 4) is 0 Å². The van der Waals surface area contributed by atoms with Crippen molar-refractivity contribution in [1.82, 2.24) is 10.2 Å². The number of carbonyl (C=O) groups is 1. The van der Waals surface area contributed by atoms with Crippen molar-refractivity contribution in [3.05, 3.63) is 0 Å². The van der Waals surface area contributed by atoms with E-state index in [2.05, 4.69) is 10.2 Å². The summed E-state index contributed by atoms with van der Waals surface area (Å²) in [7, 11) is 1.99. The zero-order valence-electron chi connectivity index (χ0n) is 11.7. The molecule has 4 nitrogen and oxygen atoms in total. The van der Waals surface area contributed by atoms with Gasteiger partial charge in [-0.15, -0.1) is 0 Å². The minimum atomic E-state index is 0.406. The van der Waals surface area contributed by atoms with Crippen molar-refractivity contribution in [2.45, 2.75) is 32.1 Å². The van der Waals surface area contributed by atoms with Gasteiger partial charge in [-0.25, -0.2) is 0 Å². The van der Waals surface area contributed by atoms with E-state index >= 15 is 0 Å². The van der Waals surface area contributed by atoms with Gasteiger partial charge >= 0.3 is 0 Å². The molecule has 1 aliphatic carbocycles. The van der Waals surface area contributed by atoms with E-state index in [1.807, 2.05) is 7.05 Å². The average molecular weight is 256 g/mol. The fourth-order valence-electron chi connectivity index (χ4n) is 2.36. The highest BCUT2D eigenvalue weighted by Crippen LogP contribution is 2.21. The van der Waals surface area contributed by atoms with Crippen LogP contribution in [-0.2, 0) is 9.53 Å². The van der Waals surface area contributed by atoms with Gasteiger partial charge in [0.1, 0.15) is 6.29 Å². The molecule has 1 saturated heterocycles. The third-order valence-electron chi connectivity index (χ3n) is 3.62. The quantitative estimate of drug-likeness (QED) is 0.770. The summed E-state index contributed by atoms with van der Waals surface area (Å²) in [6.45, 7) is 6.25. The van der Waals surface area contributed by atoms with Gasteiger partial charge < -0.3 is 14.8 Å². The van der Waals surface area contributed by atoms with Crippen LogP contribution in [0.2, 0.25) is 0 Å². The van der Waals surface area contributed by atoms with Crippen molar-refractivity contribution >= 4 is 6.29 Å². The molecule has 1 N–H and O–H groups in total. The molecule has 0 bridgehead atoms. The maximum atomic E-state index is 10.2. The van der Waals surface area contributed by atoms with Gasteiger partial charge in [-0.1, -0.05) is 19.3 Å². The number of aldehydes is 1. The summed E-state index contributed by atoms with van der Waals surface area (Å²) < 4.78 is 5.22. The molecule has 0 amide bonds. The first kappa shape index (κ1) is 15.6. The molecule has 106 valence electrons. The van der Waals surface area contributed by atoms with E-state index in [-0.39, 0.29) is 0 Å². The molecule has 0 atom stereocenters. The largest absolute Gasteiger partial charge is 0.379 e. The summed E-state index contributed by atoms with van der Waals surface area (Å²) in [5.41, 5.74) is 0. The van der Waals surface area contributed by atoms with Crippen LogP contribution in [0.25, 0.3) is 0 Å². The Morgan fingerprint density at radius 2 is 1.89 bits per heavy atom. The van der Waals surface area contributed by atoms with Gasteiger partial charge in [0, 0.05) is 32.1 Å². The highest BCUT2D eigenvalue weighted by atomic mass is 16.5. The number of carbonyl (C=O) groups excluding carboxylic acids is 1. The lowest BCUT2D eigenvalue weighted by molar-refractivity contribution is -0.111. The Hall–Kier alpha value is -0.450. The van der Waals surface area contributed by atoms with Crippen LogP contribution in [0, 0.1) is 5.92 Å². The summed E-state index contributed by atoms with van der Waals surface area (Å²) in [5.74, 6) is 0.406. The molecule has 0 aromatic rings. The molecule has 0 aromatic heterocycles. The van der Waals surface area contributed by atoms with Gasteiger partial charge in [0.05, 0.1) is 13.2 Å². The predicted molar refractivity (Wildman–Crippen MR) is 73.8 cm³/mol. The lowest BCUT2D eigenvalue weighted by Crippen LogP contribution is -2.39. The summed E-state index contributed by atoms with van der Waals surface area (Å²) >= 11 is 0. The lowest BCUT2D eigenvalue weighted by atomic mass is 9.91. The molecular weight excluding hydrogens is 228 g/mol. The summed E-state index contributed by atoms with van der Waals surface area (Å²) in [4.78, 5) is 12.6. The number of nitrogens with one attached hydrogen (secondary N) is 1. The van der Waals surface area contributed by atoms with Crippen molar-refractivity contribution in [1.29, 1.82) is 0 Å². The Kier molecular flexibility index (Phi) is 9.08. The predicted octanol–water partition coefficient (Wildman–Crippen LogP) is 1.30. The van der Waals surface area contributed by atoms with Gasteiger partial charge in [0.2, 0.25) is 0 Å².